The molecule has 2 aliphatic heterocycles. The number of rotatable bonds is 12. The molecule has 0 spiro atoms. The van der Waals surface area contributed by atoms with Crippen molar-refractivity contribution >= 4 is 22.5 Å². The van der Waals surface area contributed by atoms with E-state index in [4.69, 9.17) is 14.2 Å². The first kappa shape index (κ1) is 34.0. The highest BCUT2D eigenvalue weighted by atomic mass is 16.7. The second-order valence-electron chi connectivity index (χ2n) is 12.2. The number of phenols is 1. The molecule has 44 heavy (non-hydrogen) atoms. The Hall–Kier alpha value is -2.84. The lowest BCUT2D eigenvalue weighted by Crippen LogP contribution is -2.67. The number of carbonyl (C=O) groups excluding carboxylic acids is 1. The van der Waals surface area contributed by atoms with Gasteiger partial charge in [0.15, 0.2) is 5.78 Å². The number of aryl methyl sites for hydroxylation is 1. The summed E-state index contributed by atoms with van der Waals surface area (Å²) in [4.78, 5) is 24.1. The first-order valence-corrected chi connectivity index (χ1v) is 15.1. The Morgan fingerprint density at radius 2 is 1.91 bits per heavy atom. The Balaban J connectivity index is 1.59. The lowest BCUT2D eigenvalue weighted by molar-refractivity contribution is -0.315. The minimum absolute atomic E-state index is 0.00138. The molecular weight excluding hydrogens is 576 g/mol. The van der Waals surface area contributed by atoms with Gasteiger partial charge in [-0.3, -0.25) is 4.79 Å². The van der Waals surface area contributed by atoms with Crippen LogP contribution in [0.25, 0.3) is 10.8 Å². The van der Waals surface area contributed by atoms with Gasteiger partial charge >= 0.3 is 5.97 Å². The topological polar surface area (TPSA) is 203 Å². The van der Waals surface area contributed by atoms with E-state index in [0.717, 1.165) is 18.9 Å². The number of hydrogen-bond acceptors (Lipinski definition) is 11. The molecule has 0 radical (unpaired) electrons. The molecule has 12 nitrogen and oxygen atoms in total. The number of carboxylic acid groups (broad SMARTS) is 1. The van der Waals surface area contributed by atoms with Gasteiger partial charge in [-0.05, 0) is 86.8 Å². The maximum Gasteiger partial charge on any atom is 0.335 e. The summed E-state index contributed by atoms with van der Waals surface area (Å²) in [6.45, 7) is 5.48. The summed E-state index contributed by atoms with van der Waals surface area (Å²) in [6.07, 6.45) is -3.98. The van der Waals surface area contributed by atoms with Gasteiger partial charge in [-0.15, -0.1) is 0 Å². The summed E-state index contributed by atoms with van der Waals surface area (Å²) in [5, 5.41) is 74.3. The predicted octanol–water partition coefficient (Wildman–Crippen LogP) is 2.15. The van der Waals surface area contributed by atoms with Gasteiger partial charge in [0.25, 0.3) is 0 Å². The van der Waals surface area contributed by atoms with Crippen molar-refractivity contribution in [2.24, 2.45) is 17.8 Å². The number of hydrogen-bond donors (Lipinski definition) is 7. The van der Waals surface area contributed by atoms with Crippen LogP contribution in [0, 0.1) is 24.7 Å². The van der Waals surface area contributed by atoms with Crippen LogP contribution >= 0.6 is 0 Å². The van der Waals surface area contributed by atoms with Crippen LogP contribution in [0.1, 0.15) is 72.2 Å². The number of ketones is 1. The molecule has 0 amide bonds. The van der Waals surface area contributed by atoms with Crippen molar-refractivity contribution in [1.82, 2.24) is 0 Å². The average molecular weight is 621 g/mol. The van der Waals surface area contributed by atoms with Crippen LogP contribution in [0.5, 0.6) is 11.5 Å². The van der Waals surface area contributed by atoms with Crippen LogP contribution in [-0.2, 0) is 9.47 Å². The number of carbonyl (C=O) groups is 2. The van der Waals surface area contributed by atoms with Crippen LogP contribution in [-0.4, -0.2) is 104 Å². The van der Waals surface area contributed by atoms with Crippen LogP contribution in [0.15, 0.2) is 18.2 Å². The van der Waals surface area contributed by atoms with Gasteiger partial charge < -0.3 is 50.0 Å². The second kappa shape index (κ2) is 14.1. The minimum atomic E-state index is -2.04. The van der Waals surface area contributed by atoms with Crippen molar-refractivity contribution in [3.8, 4) is 11.5 Å². The van der Waals surface area contributed by atoms with Crippen molar-refractivity contribution in [1.29, 1.82) is 0 Å². The number of aromatic carboxylic acids is 1. The minimum Gasteiger partial charge on any atom is -0.506 e. The molecule has 2 fully saturated rings. The molecule has 0 aromatic heterocycles. The largest absolute Gasteiger partial charge is 0.506 e. The van der Waals surface area contributed by atoms with Crippen LogP contribution < -0.4 is 4.74 Å². The number of aromatic hydroxyl groups is 1. The van der Waals surface area contributed by atoms with E-state index < -0.39 is 54.3 Å². The van der Waals surface area contributed by atoms with E-state index in [1.54, 1.807) is 6.92 Å². The summed E-state index contributed by atoms with van der Waals surface area (Å²) in [5.74, 6) is -1.81. The fourth-order valence-corrected chi connectivity index (χ4v) is 6.90. The number of benzene rings is 2. The van der Waals surface area contributed by atoms with Crippen molar-refractivity contribution in [3.05, 3.63) is 34.9 Å². The number of carboxylic acids is 1. The lowest BCUT2D eigenvalue weighted by Gasteiger charge is -2.48. The maximum atomic E-state index is 12.3. The molecule has 7 N–H and O–H groups in total. The highest BCUT2D eigenvalue weighted by Gasteiger charge is 2.55. The first-order valence-electron chi connectivity index (χ1n) is 15.1. The molecule has 0 aliphatic carbocycles. The average Bonchev–Trinajstić information content (AvgIpc) is 2.98. The summed E-state index contributed by atoms with van der Waals surface area (Å²) in [7, 11) is 0. The van der Waals surface area contributed by atoms with E-state index in [9.17, 15) is 45.3 Å². The Kier molecular flexibility index (Phi) is 10.9. The van der Waals surface area contributed by atoms with E-state index in [1.807, 2.05) is 6.92 Å². The number of aliphatic hydroxyl groups excluding tert-OH is 4. The fourth-order valence-electron chi connectivity index (χ4n) is 6.90. The fraction of sp³-hybridized carbons (Fsp3) is 0.625. The molecule has 8 unspecified atom stereocenters. The van der Waals surface area contributed by atoms with Crippen molar-refractivity contribution in [2.75, 3.05) is 26.4 Å². The van der Waals surface area contributed by atoms with Gasteiger partial charge in [0.2, 0.25) is 6.29 Å². The summed E-state index contributed by atoms with van der Waals surface area (Å²) in [6, 6.07) is 3.93. The van der Waals surface area contributed by atoms with Gasteiger partial charge in [-0.2, -0.15) is 0 Å². The van der Waals surface area contributed by atoms with Crippen LogP contribution in [0.3, 0.4) is 0 Å². The molecule has 2 saturated heterocycles. The third-order valence-corrected chi connectivity index (χ3v) is 9.35. The number of fused-ring (bicyclic) bond motifs is 1. The summed E-state index contributed by atoms with van der Waals surface area (Å²) < 4.78 is 17.3. The molecule has 0 bridgehead atoms. The third-order valence-electron chi connectivity index (χ3n) is 9.35. The number of Topliss-reactive ketones (excluding diaryl/α,β-unsaturated/α-hetero) is 1. The Labute approximate surface area is 255 Å². The number of aliphatic hydroxyl groups is 5. The Bertz CT molecular complexity index is 1340. The van der Waals surface area contributed by atoms with Crippen molar-refractivity contribution in [3.63, 3.8) is 0 Å². The van der Waals surface area contributed by atoms with Gasteiger partial charge in [0.1, 0.15) is 35.4 Å². The molecule has 244 valence electrons. The number of ether oxygens (including phenoxy) is 3. The lowest BCUT2D eigenvalue weighted by atomic mass is 9.72. The molecule has 2 aromatic carbocycles. The molecule has 4 rings (SSSR count). The maximum absolute atomic E-state index is 12.3. The van der Waals surface area contributed by atoms with Gasteiger partial charge in [-0.25, -0.2) is 4.79 Å². The Morgan fingerprint density at radius 3 is 2.55 bits per heavy atom. The summed E-state index contributed by atoms with van der Waals surface area (Å²) in [5.41, 5.74) is -1.82. The van der Waals surface area contributed by atoms with Crippen LogP contribution in [0.4, 0.5) is 0 Å². The zero-order valence-corrected chi connectivity index (χ0v) is 25.3. The van der Waals surface area contributed by atoms with E-state index in [0.29, 0.717) is 31.6 Å². The number of phenolic OH excluding ortho intramolecular Hbond substituents is 1. The van der Waals surface area contributed by atoms with E-state index in [2.05, 4.69) is 0 Å². The predicted molar refractivity (Wildman–Crippen MR) is 158 cm³/mol. The van der Waals surface area contributed by atoms with Gasteiger partial charge in [0, 0.05) is 19.8 Å². The van der Waals surface area contributed by atoms with Crippen molar-refractivity contribution in [2.45, 2.75) is 83.1 Å². The quantitative estimate of drug-likeness (QED) is 0.171. The zero-order chi connectivity index (χ0) is 32.3. The van der Waals surface area contributed by atoms with E-state index in [-0.39, 0.29) is 58.4 Å². The molecule has 0 saturated carbocycles. The molecule has 2 aliphatic rings. The highest BCUT2D eigenvalue weighted by molar-refractivity contribution is 6.08. The molecular formula is C32H44O12. The molecule has 12 heteroatoms. The van der Waals surface area contributed by atoms with Gasteiger partial charge in [0.05, 0.1) is 23.1 Å². The van der Waals surface area contributed by atoms with E-state index in [1.165, 1.54) is 19.1 Å². The van der Waals surface area contributed by atoms with E-state index >= 15 is 0 Å². The molecule has 2 heterocycles. The monoisotopic (exact) mass is 620 g/mol. The van der Waals surface area contributed by atoms with Gasteiger partial charge in [-0.1, -0.05) is 13.0 Å². The second-order valence-corrected chi connectivity index (χ2v) is 12.2. The Morgan fingerprint density at radius 1 is 1.18 bits per heavy atom. The highest BCUT2D eigenvalue weighted by Crippen LogP contribution is 2.43. The summed E-state index contributed by atoms with van der Waals surface area (Å²) >= 11 is 0. The third kappa shape index (κ3) is 6.71. The smallest absolute Gasteiger partial charge is 0.335 e. The standard InChI is InChI=1S/C32H44O12/c1-16(22-7-10-42-15-19(22)5-4-9-33)6-8-32(41)24(14-34)44-31(28(37)29(32)38)43-23-13-21(30(39)40)12-20-11-17(2)25(18(3)35)27(36)26(20)23/h11-13,16,19,22,24,28-29,31,33-34,36-38,41H,4-10,14-15H2,1-3H3,(H,39,40). The van der Waals surface area contributed by atoms with Crippen molar-refractivity contribution < 1.29 is 59.5 Å². The molecule has 8 atom stereocenters. The normalized spacial score (nSPS) is 29.8. The van der Waals surface area contributed by atoms with Crippen LogP contribution in [0.2, 0.25) is 0 Å². The zero-order valence-electron chi connectivity index (χ0n) is 25.3. The molecule has 2 aromatic rings. The first-order chi connectivity index (χ1) is 20.8. The SMILES string of the molecule is CC(=O)c1c(C)cc2cc(C(=O)O)cc(OC3OC(CO)C(O)(CCC(C)C4CCOCC4CCCO)C(O)C3O)c2c1O.